The van der Waals surface area contributed by atoms with E-state index in [4.69, 9.17) is 10.5 Å². The lowest BCUT2D eigenvalue weighted by molar-refractivity contribution is 0.102. The number of rotatable bonds is 5. The fourth-order valence-electron chi connectivity index (χ4n) is 3.31. The molecule has 166 valence electrons. The number of nitrogen functional groups attached to an aromatic ring is 1. The number of phenolic OH excluding ortho intramolecular Hbond substituents is 1. The molecule has 5 N–H and O–H groups in total. The predicted octanol–water partition coefficient (Wildman–Crippen LogP) is 5.50. The first-order chi connectivity index (χ1) is 15.8. The minimum Gasteiger partial charge on any atom is -0.507 e. The number of phenols is 1. The Bertz CT molecular complexity index is 1430. The molecule has 0 aliphatic carbocycles. The third-order valence-electron chi connectivity index (χ3n) is 5.10. The van der Waals surface area contributed by atoms with Crippen LogP contribution in [-0.4, -0.2) is 15.2 Å². The Hall–Kier alpha value is -4.17. The third kappa shape index (κ3) is 4.56. The summed E-state index contributed by atoms with van der Waals surface area (Å²) >= 11 is 0. The van der Waals surface area contributed by atoms with E-state index in [1.165, 1.54) is 48.5 Å². The molecule has 0 aliphatic heterocycles. The van der Waals surface area contributed by atoms with Gasteiger partial charge in [0, 0.05) is 5.56 Å². The summed E-state index contributed by atoms with van der Waals surface area (Å²) < 4.78 is 34.5. The van der Waals surface area contributed by atoms with Gasteiger partial charge >= 0.3 is 0 Å². The number of hydrogen-bond donors (Lipinski definition) is 4. The monoisotopic (exact) mass is 461 g/mol. The van der Waals surface area contributed by atoms with E-state index in [2.05, 4.69) is 5.32 Å². The Morgan fingerprint density at radius 1 is 0.909 bits per heavy atom. The lowest BCUT2D eigenvalue weighted by atomic mass is 10.0. The molecule has 8 heteroatoms. The number of amides is 1. The molecule has 0 radical (unpaired) electrons. The first kappa shape index (κ1) is 22.0. The summed E-state index contributed by atoms with van der Waals surface area (Å²) in [4.78, 5) is 12.9. The van der Waals surface area contributed by atoms with Gasteiger partial charge in [0.2, 0.25) is 0 Å². The highest BCUT2D eigenvalue weighted by Crippen LogP contribution is 2.30. The normalized spacial score (nSPS) is 12.6. The Kier molecular flexibility index (Phi) is 5.85. The molecule has 0 saturated carbocycles. The van der Waals surface area contributed by atoms with Gasteiger partial charge in [0.25, 0.3) is 5.91 Å². The van der Waals surface area contributed by atoms with E-state index in [9.17, 15) is 18.5 Å². The van der Waals surface area contributed by atoms with Crippen LogP contribution in [0.15, 0.2) is 101 Å². The summed E-state index contributed by atoms with van der Waals surface area (Å²) in [5.74, 6) is -1.01. The van der Waals surface area contributed by atoms with E-state index in [0.29, 0.717) is 11.4 Å². The van der Waals surface area contributed by atoms with Crippen LogP contribution in [-0.2, 0) is 9.73 Å². The van der Waals surface area contributed by atoms with Gasteiger partial charge in [-0.15, -0.1) is 0 Å². The number of carbonyl (C=O) groups excluding carboxylic acids is 1. The topological polar surface area (TPSA) is 116 Å². The van der Waals surface area contributed by atoms with E-state index in [1.54, 1.807) is 42.5 Å². The zero-order valence-electron chi connectivity index (χ0n) is 17.3. The number of nitrogens with one attached hydrogen (secondary N) is 2. The molecule has 4 aromatic rings. The molecule has 0 bridgehead atoms. The molecule has 1 atom stereocenters. The van der Waals surface area contributed by atoms with Crippen LogP contribution in [0.25, 0.3) is 11.1 Å². The molecule has 6 nitrogen and oxygen atoms in total. The van der Waals surface area contributed by atoms with E-state index < -0.39 is 15.6 Å². The van der Waals surface area contributed by atoms with E-state index in [1.807, 2.05) is 0 Å². The van der Waals surface area contributed by atoms with E-state index in [0.717, 1.165) is 11.1 Å². The van der Waals surface area contributed by atoms with Gasteiger partial charge in [-0.25, -0.2) is 13.4 Å². The third-order valence-corrected chi connectivity index (χ3v) is 7.00. The number of anilines is 2. The summed E-state index contributed by atoms with van der Waals surface area (Å²) in [7, 11) is -3.45. The van der Waals surface area contributed by atoms with E-state index in [-0.39, 0.29) is 26.9 Å². The fraction of sp³-hybridized carbons (Fsp3) is 0. The van der Waals surface area contributed by atoms with Crippen LogP contribution in [0.2, 0.25) is 0 Å². The van der Waals surface area contributed by atoms with Gasteiger partial charge < -0.3 is 16.2 Å². The second-order valence-electron chi connectivity index (χ2n) is 7.31. The van der Waals surface area contributed by atoms with Crippen molar-refractivity contribution in [2.75, 3.05) is 11.1 Å². The van der Waals surface area contributed by atoms with Crippen molar-refractivity contribution in [2.45, 2.75) is 9.79 Å². The molecule has 4 rings (SSSR count). The van der Waals surface area contributed by atoms with Crippen LogP contribution in [0.4, 0.5) is 15.8 Å². The van der Waals surface area contributed by atoms with Crippen LogP contribution >= 0.6 is 0 Å². The largest absolute Gasteiger partial charge is 0.507 e. The molecule has 0 saturated heterocycles. The van der Waals surface area contributed by atoms with Crippen molar-refractivity contribution in [2.24, 2.45) is 0 Å². The maximum atomic E-state index is 13.2. The first-order valence-electron chi connectivity index (χ1n) is 9.89. The number of halogens is 1. The molecule has 0 aliphatic rings. The van der Waals surface area contributed by atoms with Crippen LogP contribution in [0.3, 0.4) is 0 Å². The quantitative estimate of drug-likeness (QED) is 0.294. The Labute approximate surface area is 190 Å². The summed E-state index contributed by atoms with van der Waals surface area (Å²) in [6, 6.07) is 22.8. The highest BCUT2D eigenvalue weighted by molar-refractivity contribution is 7.92. The lowest BCUT2D eigenvalue weighted by Crippen LogP contribution is -2.13. The van der Waals surface area contributed by atoms with Gasteiger partial charge in [-0.1, -0.05) is 30.3 Å². The first-order valence-corrected chi connectivity index (χ1v) is 11.5. The van der Waals surface area contributed by atoms with Crippen molar-refractivity contribution in [3.8, 4) is 16.9 Å². The number of carbonyl (C=O) groups is 1. The van der Waals surface area contributed by atoms with Crippen LogP contribution in [0, 0.1) is 10.6 Å². The minimum absolute atomic E-state index is 0.00702. The van der Waals surface area contributed by atoms with Gasteiger partial charge in [-0.3, -0.25) is 4.79 Å². The SMILES string of the molecule is N=S(=O)(c1ccc(C(=O)Nc2cc(-c3ccc(F)cc3)ccc2N)cc1)c1ccccc1O. The summed E-state index contributed by atoms with van der Waals surface area (Å²) in [6.45, 7) is 0. The van der Waals surface area contributed by atoms with E-state index >= 15 is 0 Å². The van der Waals surface area contributed by atoms with Gasteiger partial charge in [0.05, 0.1) is 21.2 Å². The summed E-state index contributed by atoms with van der Waals surface area (Å²) in [5, 5.41) is 12.7. The number of aromatic hydroxyl groups is 1. The second kappa shape index (κ2) is 8.76. The predicted molar refractivity (Wildman–Crippen MR) is 126 cm³/mol. The lowest BCUT2D eigenvalue weighted by Gasteiger charge is -2.12. The highest BCUT2D eigenvalue weighted by Gasteiger charge is 2.18. The molecule has 0 heterocycles. The number of nitrogens with two attached hydrogens (primary N) is 1. The Morgan fingerprint density at radius 2 is 1.55 bits per heavy atom. The van der Waals surface area contributed by atoms with Crippen LogP contribution < -0.4 is 11.1 Å². The average Bonchev–Trinajstić information content (AvgIpc) is 2.81. The summed E-state index contributed by atoms with van der Waals surface area (Å²) in [6.07, 6.45) is 0. The van der Waals surface area contributed by atoms with Crippen molar-refractivity contribution in [1.82, 2.24) is 0 Å². The zero-order chi connectivity index (χ0) is 23.6. The van der Waals surface area contributed by atoms with Crippen molar-refractivity contribution in [3.05, 3.63) is 102 Å². The van der Waals surface area contributed by atoms with Gasteiger partial charge in [0.1, 0.15) is 21.3 Å². The zero-order valence-corrected chi connectivity index (χ0v) is 18.1. The standard InChI is InChI=1S/C25H20FN3O3S/c26-19-10-5-16(6-11-19)18-9-14-21(27)22(15-18)29-25(31)17-7-12-20(13-8-17)33(28,32)24-4-2-1-3-23(24)30/h1-15,28,30H,27H2,(H,29,31). The molecule has 0 aromatic heterocycles. The van der Waals surface area contributed by atoms with Gasteiger partial charge in [0.15, 0.2) is 0 Å². The number of para-hydroxylation sites is 1. The van der Waals surface area contributed by atoms with Crippen molar-refractivity contribution < 1.29 is 18.5 Å². The van der Waals surface area contributed by atoms with Crippen molar-refractivity contribution >= 4 is 27.0 Å². The molecule has 4 aromatic carbocycles. The molecule has 1 unspecified atom stereocenters. The Balaban J connectivity index is 1.57. The molecule has 0 fully saturated rings. The number of benzene rings is 4. The molecule has 0 spiro atoms. The van der Waals surface area contributed by atoms with Gasteiger partial charge in [-0.2, -0.15) is 0 Å². The summed E-state index contributed by atoms with van der Waals surface area (Å²) in [5.41, 5.74) is 8.57. The highest BCUT2D eigenvalue weighted by atomic mass is 32.2. The smallest absolute Gasteiger partial charge is 0.255 e. The number of hydrogen-bond acceptors (Lipinski definition) is 5. The minimum atomic E-state index is -3.45. The van der Waals surface area contributed by atoms with Crippen molar-refractivity contribution in [3.63, 3.8) is 0 Å². The molecule has 33 heavy (non-hydrogen) atoms. The molecule has 1 amide bonds. The second-order valence-corrected chi connectivity index (χ2v) is 9.33. The average molecular weight is 462 g/mol. The molecular weight excluding hydrogens is 441 g/mol. The van der Waals surface area contributed by atoms with Crippen molar-refractivity contribution in [1.29, 1.82) is 4.78 Å². The maximum absolute atomic E-state index is 13.2. The van der Waals surface area contributed by atoms with Gasteiger partial charge in [-0.05, 0) is 71.8 Å². The van der Waals surface area contributed by atoms with Crippen LogP contribution in [0.1, 0.15) is 10.4 Å². The van der Waals surface area contributed by atoms with Crippen LogP contribution in [0.5, 0.6) is 5.75 Å². The Morgan fingerprint density at radius 3 is 2.21 bits per heavy atom. The fourth-order valence-corrected chi connectivity index (χ4v) is 4.71. The maximum Gasteiger partial charge on any atom is 0.255 e. The molecular formula is C25H20FN3O3S.